The molecule has 3 rings (SSSR count). The monoisotopic (exact) mass is 372 g/mol. The van der Waals surface area contributed by atoms with Crippen LogP contribution in [0.1, 0.15) is 17.8 Å². The lowest BCUT2D eigenvalue weighted by Gasteiger charge is -2.33. The Morgan fingerprint density at radius 3 is 2.38 bits per heavy atom. The van der Waals surface area contributed by atoms with E-state index in [1.165, 1.54) is 0 Å². The first-order chi connectivity index (χ1) is 12.4. The van der Waals surface area contributed by atoms with Crippen LogP contribution in [0.4, 0.5) is 10.5 Å². The quantitative estimate of drug-likeness (QED) is 0.897. The van der Waals surface area contributed by atoms with Crippen LogP contribution in [0.15, 0.2) is 29.6 Å². The first-order valence-corrected chi connectivity index (χ1v) is 9.61. The highest BCUT2D eigenvalue weighted by Crippen LogP contribution is 2.24. The van der Waals surface area contributed by atoms with Crippen molar-refractivity contribution in [1.82, 2.24) is 14.8 Å². The van der Waals surface area contributed by atoms with Crippen molar-refractivity contribution >= 4 is 29.0 Å². The van der Waals surface area contributed by atoms with Crippen LogP contribution in [0.2, 0.25) is 0 Å². The Bertz CT molecular complexity index is 777. The zero-order chi connectivity index (χ0) is 18.7. The molecule has 1 fully saturated rings. The van der Waals surface area contributed by atoms with E-state index in [0.29, 0.717) is 25.9 Å². The van der Waals surface area contributed by atoms with Gasteiger partial charge in [0.15, 0.2) is 0 Å². The van der Waals surface area contributed by atoms with Gasteiger partial charge >= 0.3 is 6.03 Å². The van der Waals surface area contributed by atoms with E-state index in [1.807, 2.05) is 36.6 Å². The van der Waals surface area contributed by atoms with Gasteiger partial charge in [0.05, 0.1) is 10.7 Å². The fourth-order valence-corrected chi connectivity index (χ4v) is 3.70. The lowest BCUT2D eigenvalue weighted by molar-refractivity contribution is -0.121. The Morgan fingerprint density at radius 1 is 1.19 bits per heavy atom. The van der Waals surface area contributed by atoms with Gasteiger partial charge in [-0.05, 0) is 31.9 Å². The van der Waals surface area contributed by atoms with Gasteiger partial charge < -0.3 is 15.1 Å². The minimum atomic E-state index is -0.0536. The van der Waals surface area contributed by atoms with Crippen molar-refractivity contribution in [3.05, 3.63) is 34.7 Å². The standard InChI is InChI=1S/C19H24N4O2S/c1-13-20-17(12-26-13)14-4-6-16(7-5-14)21-18(24)15-8-10-23(11-9-15)19(25)22(2)3/h4-7,12,15H,8-11H2,1-3H3,(H,21,24). The molecule has 1 N–H and O–H groups in total. The number of hydrogen-bond donors (Lipinski definition) is 1. The fourth-order valence-electron chi connectivity index (χ4n) is 3.08. The Hall–Kier alpha value is -2.41. The highest BCUT2D eigenvalue weighted by atomic mass is 32.1. The summed E-state index contributed by atoms with van der Waals surface area (Å²) in [6.07, 6.45) is 1.39. The molecule has 0 unspecified atom stereocenters. The van der Waals surface area contributed by atoms with E-state index in [2.05, 4.69) is 10.3 Å². The van der Waals surface area contributed by atoms with E-state index < -0.39 is 0 Å². The van der Waals surface area contributed by atoms with Crippen LogP contribution in [0.5, 0.6) is 0 Å². The van der Waals surface area contributed by atoms with Crippen molar-refractivity contribution in [2.75, 3.05) is 32.5 Å². The topological polar surface area (TPSA) is 65.5 Å². The van der Waals surface area contributed by atoms with Gasteiger partial charge in [0, 0.05) is 49.7 Å². The Balaban J connectivity index is 1.55. The molecule has 2 aromatic rings. The molecule has 6 nitrogen and oxygen atoms in total. The summed E-state index contributed by atoms with van der Waals surface area (Å²) in [5.74, 6) is -0.0266. The van der Waals surface area contributed by atoms with Crippen molar-refractivity contribution in [2.45, 2.75) is 19.8 Å². The number of carbonyl (C=O) groups excluding carboxylic acids is 2. The van der Waals surface area contributed by atoms with E-state index in [-0.39, 0.29) is 17.9 Å². The number of benzene rings is 1. The molecule has 0 spiro atoms. The molecule has 0 radical (unpaired) electrons. The van der Waals surface area contributed by atoms with Crippen LogP contribution in [0.3, 0.4) is 0 Å². The summed E-state index contributed by atoms with van der Waals surface area (Å²) in [7, 11) is 3.50. The number of thiazole rings is 1. The summed E-state index contributed by atoms with van der Waals surface area (Å²) in [6, 6.07) is 7.78. The highest BCUT2D eigenvalue weighted by Gasteiger charge is 2.27. The lowest BCUT2D eigenvalue weighted by Crippen LogP contribution is -2.45. The second kappa shape index (κ2) is 7.86. The number of carbonyl (C=O) groups is 2. The summed E-state index contributed by atoms with van der Waals surface area (Å²) in [6.45, 7) is 3.23. The van der Waals surface area contributed by atoms with E-state index >= 15 is 0 Å². The predicted octanol–water partition coefficient (Wildman–Crippen LogP) is 3.45. The minimum absolute atomic E-state index is 0.0109. The zero-order valence-corrected chi connectivity index (χ0v) is 16.2. The van der Waals surface area contributed by atoms with E-state index in [4.69, 9.17) is 0 Å². The second-order valence-corrected chi connectivity index (χ2v) is 7.82. The summed E-state index contributed by atoms with van der Waals surface area (Å²) < 4.78 is 0. The molecule has 2 heterocycles. The molecule has 1 aliphatic heterocycles. The van der Waals surface area contributed by atoms with Crippen molar-refractivity contribution in [2.24, 2.45) is 5.92 Å². The number of nitrogens with zero attached hydrogens (tertiary/aromatic N) is 3. The van der Waals surface area contributed by atoms with Gasteiger partial charge in [0.2, 0.25) is 5.91 Å². The summed E-state index contributed by atoms with van der Waals surface area (Å²) in [5, 5.41) is 6.06. The molecule has 0 bridgehead atoms. The number of nitrogens with one attached hydrogen (secondary N) is 1. The maximum Gasteiger partial charge on any atom is 0.319 e. The van der Waals surface area contributed by atoms with Gasteiger partial charge in [-0.1, -0.05) is 12.1 Å². The second-order valence-electron chi connectivity index (χ2n) is 6.76. The Kier molecular flexibility index (Phi) is 5.56. The molecule has 1 aromatic heterocycles. The molecule has 138 valence electrons. The van der Waals surface area contributed by atoms with Crippen LogP contribution < -0.4 is 5.32 Å². The predicted molar refractivity (Wildman–Crippen MR) is 104 cm³/mol. The van der Waals surface area contributed by atoms with Crippen molar-refractivity contribution in [1.29, 1.82) is 0 Å². The molecular formula is C19H24N4O2S. The van der Waals surface area contributed by atoms with Gasteiger partial charge in [-0.2, -0.15) is 0 Å². The molecule has 1 aromatic carbocycles. The first kappa shape index (κ1) is 18.4. The number of likely N-dealkylation sites (tertiary alicyclic amines) is 1. The van der Waals surface area contributed by atoms with Crippen molar-refractivity contribution < 1.29 is 9.59 Å². The van der Waals surface area contributed by atoms with Crippen LogP contribution in [-0.4, -0.2) is 53.9 Å². The normalized spacial score (nSPS) is 15.0. The third-order valence-electron chi connectivity index (χ3n) is 4.59. The van der Waals surface area contributed by atoms with Crippen LogP contribution in [0, 0.1) is 12.8 Å². The smallest absolute Gasteiger partial charge is 0.319 e. The first-order valence-electron chi connectivity index (χ1n) is 8.73. The van der Waals surface area contributed by atoms with Gasteiger partial charge in [-0.25, -0.2) is 9.78 Å². The van der Waals surface area contributed by atoms with Gasteiger partial charge in [-0.3, -0.25) is 4.79 Å². The Morgan fingerprint density at radius 2 is 1.85 bits per heavy atom. The Labute approximate surface area is 157 Å². The molecule has 0 aliphatic carbocycles. The summed E-state index contributed by atoms with van der Waals surface area (Å²) in [5.41, 5.74) is 2.80. The minimum Gasteiger partial charge on any atom is -0.331 e. The number of rotatable bonds is 3. The molecule has 3 amide bonds. The molecule has 0 atom stereocenters. The molecule has 1 aliphatic rings. The molecule has 0 saturated carbocycles. The number of urea groups is 1. The maximum absolute atomic E-state index is 12.5. The number of amides is 3. The van der Waals surface area contributed by atoms with E-state index in [9.17, 15) is 9.59 Å². The largest absolute Gasteiger partial charge is 0.331 e. The molecule has 26 heavy (non-hydrogen) atoms. The van der Waals surface area contributed by atoms with Crippen LogP contribution in [0.25, 0.3) is 11.3 Å². The highest BCUT2D eigenvalue weighted by molar-refractivity contribution is 7.09. The van der Waals surface area contributed by atoms with Gasteiger partial charge in [-0.15, -0.1) is 11.3 Å². The van der Waals surface area contributed by atoms with Gasteiger partial charge in [0.1, 0.15) is 0 Å². The maximum atomic E-state index is 12.5. The number of aromatic nitrogens is 1. The number of anilines is 1. The van der Waals surface area contributed by atoms with Crippen LogP contribution in [-0.2, 0) is 4.79 Å². The average Bonchev–Trinajstić information content (AvgIpc) is 3.08. The third-order valence-corrected chi connectivity index (χ3v) is 5.36. The average molecular weight is 372 g/mol. The summed E-state index contributed by atoms with van der Waals surface area (Å²) >= 11 is 1.62. The molecule has 1 saturated heterocycles. The van der Waals surface area contributed by atoms with Crippen molar-refractivity contribution in [3.63, 3.8) is 0 Å². The zero-order valence-electron chi connectivity index (χ0n) is 15.4. The van der Waals surface area contributed by atoms with E-state index in [1.54, 1.807) is 35.2 Å². The van der Waals surface area contributed by atoms with E-state index in [0.717, 1.165) is 22.0 Å². The number of aryl methyl sites for hydroxylation is 1. The number of piperidine rings is 1. The molecular weight excluding hydrogens is 348 g/mol. The number of hydrogen-bond acceptors (Lipinski definition) is 4. The molecule has 7 heteroatoms. The lowest BCUT2D eigenvalue weighted by atomic mass is 9.96. The fraction of sp³-hybridized carbons (Fsp3) is 0.421. The van der Waals surface area contributed by atoms with Gasteiger partial charge in [0.25, 0.3) is 0 Å². The van der Waals surface area contributed by atoms with Crippen molar-refractivity contribution in [3.8, 4) is 11.3 Å². The SMILES string of the molecule is Cc1nc(-c2ccc(NC(=O)C3CCN(C(=O)N(C)C)CC3)cc2)cs1. The van der Waals surface area contributed by atoms with Crippen LogP contribution >= 0.6 is 11.3 Å². The summed E-state index contributed by atoms with van der Waals surface area (Å²) in [4.78, 5) is 32.3. The third kappa shape index (κ3) is 4.22.